The fourth-order valence-electron chi connectivity index (χ4n) is 3.04. The zero-order valence-corrected chi connectivity index (χ0v) is 16.8. The molecule has 0 atom stereocenters. The van der Waals surface area contributed by atoms with Gasteiger partial charge in [-0.1, -0.05) is 29.3 Å². The molecule has 1 saturated heterocycles. The minimum absolute atomic E-state index is 0.131. The number of carbonyl (C=O) groups excluding carboxylic acids is 3. The lowest BCUT2D eigenvalue weighted by Gasteiger charge is -2.35. The van der Waals surface area contributed by atoms with Gasteiger partial charge in [0.1, 0.15) is 0 Å². The largest absolute Gasteiger partial charge is 0.335 e. The van der Waals surface area contributed by atoms with Crippen LogP contribution >= 0.6 is 23.2 Å². The topological polar surface area (TPSA) is 69.7 Å². The first-order valence-electron chi connectivity index (χ1n) is 8.76. The van der Waals surface area contributed by atoms with E-state index in [-0.39, 0.29) is 17.7 Å². The zero-order valence-electron chi connectivity index (χ0n) is 15.2. The summed E-state index contributed by atoms with van der Waals surface area (Å²) in [6.45, 7) is 3.12. The molecule has 8 heteroatoms. The summed E-state index contributed by atoms with van der Waals surface area (Å²) >= 11 is 11.9. The molecule has 146 valence electrons. The van der Waals surface area contributed by atoms with Crippen LogP contribution in [-0.4, -0.2) is 53.7 Å². The van der Waals surface area contributed by atoms with Gasteiger partial charge in [0.2, 0.25) is 5.91 Å². The van der Waals surface area contributed by atoms with Gasteiger partial charge in [-0.15, -0.1) is 0 Å². The van der Waals surface area contributed by atoms with Gasteiger partial charge < -0.3 is 15.1 Å². The van der Waals surface area contributed by atoms with Gasteiger partial charge in [-0.3, -0.25) is 14.4 Å². The Balaban J connectivity index is 1.63. The molecule has 1 aliphatic heterocycles. The first kappa shape index (κ1) is 20.2. The monoisotopic (exact) mass is 419 g/mol. The summed E-state index contributed by atoms with van der Waals surface area (Å²) in [6.07, 6.45) is 0. The van der Waals surface area contributed by atoms with Crippen molar-refractivity contribution in [2.24, 2.45) is 0 Å². The summed E-state index contributed by atoms with van der Waals surface area (Å²) in [7, 11) is 0. The van der Waals surface area contributed by atoms with Crippen molar-refractivity contribution in [2.75, 3.05) is 31.5 Å². The SMILES string of the molecule is CC(=O)Nc1cccc(C(=O)N2CCN(C(=O)c3ccc(Cl)c(Cl)c3)CC2)c1. The Hall–Kier alpha value is -2.57. The molecule has 0 spiro atoms. The Labute approximate surface area is 173 Å². The second-order valence-electron chi connectivity index (χ2n) is 6.48. The molecule has 0 aromatic heterocycles. The van der Waals surface area contributed by atoms with Crippen LogP contribution in [-0.2, 0) is 4.79 Å². The Kier molecular flexibility index (Phi) is 6.21. The lowest BCUT2D eigenvalue weighted by atomic mass is 10.1. The van der Waals surface area contributed by atoms with E-state index in [4.69, 9.17) is 23.2 Å². The van der Waals surface area contributed by atoms with Crippen LogP contribution in [0.3, 0.4) is 0 Å². The molecule has 0 aliphatic carbocycles. The summed E-state index contributed by atoms with van der Waals surface area (Å²) in [6, 6.07) is 11.6. The van der Waals surface area contributed by atoms with E-state index in [0.29, 0.717) is 53.0 Å². The van der Waals surface area contributed by atoms with Crippen molar-refractivity contribution in [3.05, 3.63) is 63.6 Å². The number of halogens is 2. The molecule has 0 radical (unpaired) electrons. The standard InChI is InChI=1S/C20H19Cl2N3O3/c1-13(26)23-16-4-2-3-14(11-16)19(27)24-7-9-25(10-8-24)20(28)15-5-6-17(21)18(22)12-15/h2-6,11-12H,7-10H2,1H3,(H,23,26). The molecule has 1 heterocycles. The summed E-state index contributed by atoms with van der Waals surface area (Å²) < 4.78 is 0. The molecule has 1 aliphatic rings. The van der Waals surface area contributed by atoms with E-state index in [1.807, 2.05) is 0 Å². The van der Waals surface area contributed by atoms with Gasteiger partial charge >= 0.3 is 0 Å². The molecule has 1 fully saturated rings. The predicted molar refractivity (Wildman–Crippen MR) is 109 cm³/mol. The first-order chi connectivity index (χ1) is 13.3. The van der Waals surface area contributed by atoms with Crippen LogP contribution in [0.15, 0.2) is 42.5 Å². The number of nitrogens with zero attached hydrogens (tertiary/aromatic N) is 2. The zero-order chi connectivity index (χ0) is 20.3. The third-order valence-corrected chi connectivity index (χ3v) is 5.19. The number of benzene rings is 2. The summed E-state index contributed by atoms with van der Waals surface area (Å²) in [5, 5.41) is 3.40. The maximum atomic E-state index is 12.7. The van der Waals surface area contributed by atoms with Crippen LogP contribution in [0.25, 0.3) is 0 Å². The van der Waals surface area contributed by atoms with E-state index in [9.17, 15) is 14.4 Å². The van der Waals surface area contributed by atoms with Crippen molar-refractivity contribution in [1.29, 1.82) is 0 Å². The quantitative estimate of drug-likeness (QED) is 0.826. The van der Waals surface area contributed by atoms with Crippen LogP contribution in [0.4, 0.5) is 5.69 Å². The van der Waals surface area contributed by atoms with Gasteiger partial charge in [0.15, 0.2) is 0 Å². The Morgan fingerprint density at radius 2 is 1.39 bits per heavy atom. The molecule has 0 bridgehead atoms. The van der Waals surface area contributed by atoms with E-state index >= 15 is 0 Å². The molecule has 0 saturated carbocycles. The van der Waals surface area contributed by atoms with Crippen LogP contribution in [0.2, 0.25) is 10.0 Å². The molecule has 1 N–H and O–H groups in total. The molecular formula is C20H19Cl2N3O3. The summed E-state index contributed by atoms with van der Waals surface area (Å²) in [5.74, 6) is -0.466. The Morgan fingerprint density at radius 1 is 0.821 bits per heavy atom. The lowest BCUT2D eigenvalue weighted by molar-refractivity contribution is -0.114. The minimum atomic E-state index is -0.195. The van der Waals surface area contributed by atoms with Gasteiger partial charge in [0.25, 0.3) is 11.8 Å². The molecule has 6 nitrogen and oxygen atoms in total. The highest BCUT2D eigenvalue weighted by atomic mass is 35.5. The second-order valence-corrected chi connectivity index (χ2v) is 7.29. The van der Waals surface area contributed by atoms with E-state index in [0.717, 1.165) is 0 Å². The normalized spacial score (nSPS) is 14.0. The molecule has 2 aromatic rings. The minimum Gasteiger partial charge on any atom is -0.335 e. The molecule has 0 unspecified atom stereocenters. The van der Waals surface area contributed by atoms with Crippen LogP contribution in [0, 0.1) is 0 Å². The molecule has 2 aromatic carbocycles. The van der Waals surface area contributed by atoms with Gasteiger partial charge in [-0.2, -0.15) is 0 Å². The van der Waals surface area contributed by atoms with Gasteiger partial charge in [-0.25, -0.2) is 0 Å². The van der Waals surface area contributed by atoms with Crippen molar-refractivity contribution >= 4 is 46.6 Å². The number of amides is 3. The third-order valence-electron chi connectivity index (χ3n) is 4.45. The van der Waals surface area contributed by atoms with Gasteiger partial charge in [0, 0.05) is 49.9 Å². The van der Waals surface area contributed by atoms with Crippen LogP contribution in [0.1, 0.15) is 27.6 Å². The number of carbonyl (C=O) groups is 3. The Morgan fingerprint density at radius 3 is 1.93 bits per heavy atom. The number of nitrogens with one attached hydrogen (secondary N) is 1. The lowest BCUT2D eigenvalue weighted by Crippen LogP contribution is -2.50. The molecule has 3 rings (SSSR count). The van der Waals surface area contributed by atoms with E-state index in [1.165, 1.54) is 6.92 Å². The van der Waals surface area contributed by atoms with Crippen molar-refractivity contribution < 1.29 is 14.4 Å². The Bertz CT molecular complexity index is 925. The van der Waals surface area contributed by atoms with Crippen LogP contribution < -0.4 is 5.32 Å². The molecule has 28 heavy (non-hydrogen) atoms. The summed E-state index contributed by atoms with van der Waals surface area (Å²) in [5.41, 5.74) is 1.54. The third kappa shape index (κ3) is 4.64. The van der Waals surface area contributed by atoms with Crippen molar-refractivity contribution in [3.8, 4) is 0 Å². The number of rotatable bonds is 3. The maximum Gasteiger partial charge on any atom is 0.254 e. The highest BCUT2D eigenvalue weighted by molar-refractivity contribution is 6.42. The highest BCUT2D eigenvalue weighted by Gasteiger charge is 2.26. The number of hydrogen-bond acceptors (Lipinski definition) is 3. The average Bonchev–Trinajstić information content (AvgIpc) is 2.69. The predicted octanol–water partition coefficient (Wildman–Crippen LogP) is 3.55. The van der Waals surface area contributed by atoms with Crippen LogP contribution in [0.5, 0.6) is 0 Å². The second kappa shape index (κ2) is 8.63. The van der Waals surface area contributed by atoms with Crippen molar-refractivity contribution in [2.45, 2.75) is 6.92 Å². The number of piperazine rings is 1. The fraction of sp³-hybridized carbons (Fsp3) is 0.250. The maximum absolute atomic E-state index is 12.7. The number of anilines is 1. The van der Waals surface area contributed by atoms with Crippen molar-refractivity contribution in [3.63, 3.8) is 0 Å². The van der Waals surface area contributed by atoms with Gasteiger partial charge in [0.05, 0.1) is 10.0 Å². The van der Waals surface area contributed by atoms with Crippen molar-refractivity contribution in [1.82, 2.24) is 9.80 Å². The first-order valence-corrected chi connectivity index (χ1v) is 9.52. The van der Waals surface area contributed by atoms with E-state index in [1.54, 1.807) is 52.3 Å². The average molecular weight is 420 g/mol. The van der Waals surface area contributed by atoms with E-state index < -0.39 is 0 Å². The molecule has 3 amide bonds. The molecular weight excluding hydrogens is 401 g/mol. The summed E-state index contributed by atoms with van der Waals surface area (Å²) in [4.78, 5) is 40.0. The number of hydrogen-bond donors (Lipinski definition) is 1. The highest BCUT2D eigenvalue weighted by Crippen LogP contribution is 2.23. The van der Waals surface area contributed by atoms with E-state index in [2.05, 4.69) is 5.32 Å². The smallest absolute Gasteiger partial charge is 0.254 e. The van der Waals surface area contributed by atoms with Gasteiger partial charge in [-0.05, 0) is 36.4 Å². The fourth-order valence-corrected chi connectivity index (χ4v) is 3.34.